The Bertz CT molecular complexity index is 451. The highest BCUT2D eigenvalue weighted by atomic mass is 127. The number of esters is 1. The van der Waals surface area contributed by atoms with Gasteiger partial charge in [-0.15, -0.1) is 35.3 Å². The van der Waals surface area contributed by atoms with Crippen molar-refractivity contribution in [3.8, 4) is 0 Å². The zero-order valence-electron chi connectivity index (χ0n) is 12.6. The third kappa shape index (κ3) is 8.86. The average Bonchev–Trinajstić information content (AvgIpc) is 2.84. The summed E-state index contributed by atoms with van der Waals surface area (Å²) in [7, 11) is 1.72. The summed E-state index contributed by atoms with van der Waals surface area (Å²) in [5.41, 5.74) is 0. The SMILES string of the molecule is CCOC(=O)CCCNC(=NC)NCc1ncc(C)s1.I. The van der Waals surface area contributed by atoms with Crippen LogP contribution < -0.4 is 10.6 Å². The first-order valence-corrected chi connectivity index (χ1v) is 7.48. The second kappa shape index (κ2) is 11.7. The molecule has 1 rings (SSSR count). The van der Waals surface area contributed by atoms with Crippen molar-refractivity contribution in [3.05, 3.63) is 16.1 Å². The smallest absolute Gasteiger partial charge is 0.305 e. The summed E-state index contributed by atoms with van der Waals surface area (Å²) in [6.07, 6.45) is 3.00. The van der Waals surface area contributed by atoms with E-state index in [-0.39, 0.29) is 29.9 Å². The molecule has 1 aromatic rings. The molecule has 1 heterocycles. The van der Waals surface area contributed by atoms with Crippen LogP contribution in [-0.2, 0) is 16.1 Å². The van der Waals surface area contributed by atoms with Gasteiger partial charge in [-0.2, -0.15) is 0 Å². The number of rotatable bonds is 7. The van der Waals surface area contributed by atoms with Gasteiger partial charge in [0.05, 0.1) is 13.2 Å². The molecule has 120 valence electrons. The maximum absolute atomic E-state index is 11.2. The molecule has 0 spiro atoms. The number of hydrogen-bond acceptors (Lipinski definition) is 5. The minimum atomic E-state index is -0.157. The highest BCUT2D eigenvalue weighted by Gasteiger charge is 2.03. The lowest BCUT2D eigenvalue weighted by atomic mass is 10.3. The average molecular weight is 426 g/mol. The fourth-order valence-corrected chi connectivity index (χ4v) is 2.26. The van der Waals surface area contributed by atoms with Crippen LogP contribution in [0.4, 0.5) is 0 Å². The quantitative estimate of drug-likeness (QED) is 0.230. The zero-order chi connectivity index (χ0) is 14.8. The predicted molar refractivity (Wildman–Crippen MR) is 96.3 cm³/mol. The van der Waals surface area contributed by atoms with Gasteiger partial charge in [0.1, 0.15) is 5.01 Å². The van der Waals surface area contributed by atoms with Gasteiger partial charge in [-0.3, -0.25) is 9.79 Å². The Hall–Kier alpha value is -0.900. The van der Waals surface area contributed by atoms with Gasteiger partial charge < -0.3 is 15.4 Å². The summed E-state index contributed by atoms with van der Waals surface area (Å²) in [6, 6.07) is 0. The molecular weight excluding hydrogens is 403 g/mol. The van der Waals surface area contributed by atoms with Gasteiger partial charge in [0.15, 0.2) is 5.96 Å². The number of carbonyl (C=O) groups excluding carboxylic acids is 1. The van der Waals surface area contributed by atoms with Crippen molar-refractivity contribution >= 4 is 47.2 Å². The minimum Gasteiger partial charge on any atom is -0.466 e. The summed E-state index contributed by atoms with van der Waals surface area (Å²) >= 11 is 1.66. The van der Waals surface area contributed by atoms with Gasteiger partial charge in [-0.1, -0.05) is 0 Å². The van der Waals surface area contributed by atoms with Crippen LogP contribution in [0.3, 0.4) is 0 Å². The summed E-state index contributed by atoms with van der Waals surface area (Å²) < 4.78 is 4.86. The second-order valence-electron chi connectivity index (χ2n) is 4.13. The molecule has 8 heteroatoms. The molecule has 0 radical (unpaired) electrons. The van der Waals surface area contributed by atoms with E-state index in [1.807, 2.05) is 20.0 Å². The van der Waals surface area contributed by atoms with Gasteiger partial charge in [-0.25, -0.2) is 4.98 Å². The molecule has 0 saturated heterocycles. The van der Waals surface area contributed by atoms with Gasteiger partial charge in [0.25, 0.3) is 0 Å². The largest absolute Gasteiger partial charge is 0.466 e. The number of nitrogens with zero attached hydrogens (tertiary/aromatic N) is 2. The normalized spacial score (nSPS) is 10.7. The fourth-order valence-electron chi connectivity index (χ4n) is 1.54. The fraction of sp³-hybridized carbons (Fsp3) is 0.615. The second-order valence-corrected chi connectivity index (χ2v) is 5.45. The van der Waals surface area contributed by atoms with E-state index in [1.165, 1.54) is 4.88 Å². The van der Waals surface area contributed by atoms with Crippen LogP contribution in [-0.4, -0.2) is 37.1 Å². The van der Waals surface area contributed by atoms with Crippen LogP contribution in [0.25, 0.3) is 0 Å². The number of hydrogen-bond donors (Lipinski definition) is 2. The standard InChI is InChI=1S/C13H22N4O2S.HI/c1-4-19-12(18)6-5-7-15-13(14-3)17-9-11-16-8-10(2)20-11;/h8H,4-7,9H2,1-3H3,(H2,14,15,17);1H. The van der Waals surface area contributed by atoms with Crippen LogP contribution in [0.2, 0.25) is 0 Å². The molecule has 6 nitrogen and oxygen atoms in total. The van der Waals surface area contributed by atoms with Gasteiger partial charge in [0, 0.05) is 31.1 Å². The number of ether oxygens (including phenoxy) is 1. The van der Waals surface area contributed by atoms with E-state index in [9.17, 15) is 4.79 Å². The molecule has 0 amide bonds. The van der Waals surface area contributed by atoms with Gasteiger partial charge in [0.2, 0.25) is 0 Å². The molecule has 0 aliphatic rings. The molecule has 0 aliphatic heterocycles. The first kappa shape index (κ1) is 20.1. The molecule has 0 unspecified atom stereocenters. The number of aromatic nitrogens is 1. The highest BCUT2D eigenvalue weighted by molar-refractivity contribution is 14.0. The number of carbonyl (C=O) groups is 1. The van der Waals surface area contributed by atoms with E-state index >= 15 is 0 Å². The van der Waals surface area contributed by atoms with Crippen LogP contribution in [0, 0.1) is 6.92 Å². The van der Waals surface area contributed by atoms with E-state index in [2.05, 4.69) is 20.6 Å². The molecule has 0 atom stereocenters. The first-order valence-electron chi connectivity index (χ1n) is 6.67. The van der Waals surface area contributed by atoms with E-state index in [1.54, 1.807) is 18.4 Å². The van der Waals surface area contributed by atoms with Crippen molar-refractivity contribution in [1.82, 2.24) is 15.6 Å². The number of thiazole rings is 1. The maximum Gasteiger partial charge on any atom is 0.305 e. The highest BCUT2D eigenvalue weighted by Crippen LogP contribution is 2.10. The lowest BCUT2D eigenvalue weighted by Gasteiger charge is -2.10. The number of guanidine groups is 1. The zero-order valence-corrected chi connectivity index (χ0v) is 15.8. The van der Waals surface area contributed by atoms with E-state index in [0.717, 1.165) is 11.4 Å². The van der Waals surface area contributed by atoms with Crippen LogP contribution in [0.1, 0.15) is 29.7 Å². The Balaban J connectivity index is 0.00000400. The number of nitrogens with one attached hydrogen (secondary N) is 2. The van der Waals surface area contributed by atoms with E-state index in [0.29, 0.717) is 32.1 Å². The maximum atomic E-state index is 11.2. The molecule has 21 heavy (non-hydrogen) atoms. The Morgan fingerprint density at radius 2 is 2.24 bits per heavy atom. The summed E-state index contributed by atoms with van der Waals surface area (Å²) in [5, 5.41) is 7.36. The Kier molecular flexibility index (Phi) is 11.2. The number of aliphatic imine (C=N–C) groups is 1. The molecule has 0 saturated carbocycles. The number of halogens is 1. The minimum absolute atomic E-state index is 0. The predicted octanol–water partition coefficient (Wildman–Crippen LogP) is 2.08. The Morgan fingerprint density at radius 1 is 1.48 bits per heavy atom. The van der Waals surface area contributed by atoms with Crippen molar-refractivity contribution in [2.24, 2.45) is 4.99 Å². The van der Waals surface area contributed by atoms with Gasteiger partial charge >= 0.3 is 5.97 Å². The van der Waals surface area contributed by atoms with Crippen molar-refractivity contribution in [3.63, 3.8) is 0 Å². The van der Waals surface area contributed by atoms with Crippen molar-refractivity contribution in [2.75, 3.05) is 20.2 Å². The molecular formula is C13H23IN4O2S. The Labute approximate surface area is 146 Å². The third-order valence-electron chi connectivity index (χ3n) is 2.46. The topological polar surface area (TPSA) is 75.6 Å². The summed E-state index contributed by atoms with van der Waals surface area (Å²) in [6.45, 7) is 5.60. The monoisotopic (exact) mass is 426 g/mol. The molecule has 0 aliphatic carbocycles. The van der Waals surface area contributed by atoms with Crippen LogP contribution in [0.15, 0.2) is 11.2 Å². The number of aryl methyl sites for hydroxylation is 1. The van der Waals surface area contributed by atoms with E-state index < -0.39 is 0 Å². The molecule has 0 bridgehead atoms. The molecule has 0 fully saturated rings. The summed E-state index contributed by atoms with van der Waals surface area (Å²) in [4.78, 5) is 20.8. The molecule has 0 aromatic carbocycles. The lowest BCUT2D eigenvalue weighted by Crippen LogP contribution is -2.37. The molecule has 2 N–H and O–H groups in total. The first-order chi connectivity index (χ1) is 9.65. The molecule has 1 aromatic heterocycles. The van der Waals surface area contributed by atoms with Crippen molar-refractivity contribution < 1.29 is 9.53 Å². The lowest BCUT2D eigenvalue weighted by molar-refractivity contribution is -0.143. The van der Waals surface area contributed by atoms with Gasteiger partial charge in [-0.05, 0) is 20.3 Å². The van der Waals surface area contributed by atoms with Crippen LogP contribution >= 0.6 is 35.3 Å². The van der Waals surface area contributed by atoms with Crippen molar-refractivity contribution in [2.45, 2.75) is 33.2 Å². The van der Waals surface area contributed by atoms with Crippen LogP contribution in [0.5, 0.6) is 0 Å². The Morgan fingerprint density at radius 3 is 2.81 bits per heavy atom. The van der Waals surface area contributed by atoms with Crippen molar-refractivity contribution in [1.29, 1.82) is 0 Å². The third-order valence-corrected chi connectivity index (χ3v) is 3.37. The van der Waals surface area contributed by atoms with E-state index in [4.69, 9.17) is 4.74 Å². The summed E-state index contributed by atoms with van der Waals surface area (Å²) in [5.74, 6) is 0.553.